The number of hydrogen-bond acceptors (Lipinski definition) is 5. The molecule has 146 valence electrons. The highest BCUT2D eigenvalue weighted by Crippen LogP contribution is 2.27. The van der Waals surface area contributed by atoms with E-state index in [-0.39, 0.29) is 19.0 Å². The number of amides is 1. The van der Waals surface area contributed by atoms with Crippen LogP contribution in [0.1, 0.15) is 24.2 Å². The number of furan rings is 1. The largest absolute Gasteiger partial charge is 0.497 e. The molecule has 1 amide bonds. The van der Waals surface area contributed by atoms with Crippen LogP contribution >= 0.6 is 0 Å². The molecule has 1 saturated heterocycles. The maximum atomic E-state index is 14.1. The lowest BCUT2D eigenvalue weighted by molar-refractivity contribution is -0.160. The smallest absolute Gasteiger partial charge is 0.256 e. The first kappa shape index (κ1) is 19.4. The highest BCUT2D eigenvalue weighted by Gasteiger charge is 2.43. The molecule has 0 aliphatic carbocycles. The molecule has 1 aliphatic heterocycles. The van der Waals surface area contributed by atoms with Gasteiger partial charge in [-0.25, -0.2) is 4.39 Å². The fourth-order valence-electron chi connectivity index (χ4n) is 3.54. The summed E-state index contributed by atoms with van der Waals surface area (Å²) < 4.78 is 24.6. The molecule has 1 N–H and O–H groups in total. The van der Waals surface area contributed by atoms with Crippen LogP contribution in [0.25, 0.3) is 0 Å². The Morgan fingerprint density at radius 2 is 2.22 bits per heavy atom. The van der Waals surface area contributed by atoms with Gasteiger partial charge in [0.1, 0.15) is 17.3 Å². The third-order valence-corrected chi connectivity index (χ3v) is 4.86. The van der Waals surface area contributed by atoms with E-state index in [1.807, 2.05) is 18.0 Å². The summed E-state index contributed by atoms with van der Waals surface area (Å²) in [6.45, 7) is 1.27. The topological polar surface area (TPSA) is 66.2 Å². The third kappa shape index (κ3) is 4.48. The fraction of sp³-hybridized carbons (Fsp3) is 0.450. The maximum absolute atomic E-state index is 14.1. The third-order valence-electron chi connectivity index (χ3n) is 4.86. The van der Waals surface area contributed by atoms with Crippen LogP contribution < -0.4 is 4.74 Å². The monoisotopic (exact) mass is 376 g/mol. The van der Waals surface area contributed by atoms with Crippen molar-refractivity contribution in [3.63, 3.8) is 0 Å². The summed E-state index contributed by atoms with van der Waals surface area (Å²) in [4.78, 5) is 16.3. The van der Waals surface area contributed by atoms with Gasteiger partial charge in [-0.1, -0.05) is 0 Å². The van der Waals surface area contributed by atoms with Gasteiger partial charge in [0.15, 0.2) is 5.60 Å². The van der Waals surface area contributed by atoms with E-state index >= 15 is 0 Å². The molecule has 1 atom stereocenters. The number of likely N-dealkylation sites (N-methyl/N-ethyl adjacent to an activating group) is 1. The number of ether oxygens (including phenoxy) is 1. The maximum Gasteiger partial charge on any atom is 0.256 e. The van der Waals surface area contributed by atoms with Crippen molar-refractivity contribution in [2.24, 2.45) is 0 Å². The number of carbonyl (C=O) groups excluding carboxylic acids is 1. The summed E-state index contributed by atoms with van der Waals surface area (Å²) in [6.07, 6.45) is 2.63. The van der Waals surface area contributed by atoms with E-state index in [4.69, 9.17) is 9.15 Å². The Labute approximate surface area is 158 Å². The van der Waals surface area contributed by atoms with Gasteiger partial charge in [-0.05, 0) is 50.2 Å². The molecule has 2 aromatic rings. The zero-order chi connectivity index (χ0) is 19.4. The van der Waals surface area contributed by atoms with Crippen molar-refractivity contribution >= 4 is 5.91 Å². The lowest BCUT2D eigenvalue weighted by Gasteiger charge is -2.40. The van der Waals surface area contributed by atoms with Gasteiger partial charge in [0.05, 0.1) is 19.9 Å². The number of hydrogen-bond donors (Lipinski definition) is 1. The van der Waals surface area contributed by atoms with Crippen molar-refractivity contribution in [3.05, 3.63) is 53.7 Å². The number of nitrogens with zero attached hydrogens (tertiary/aromatic N) is 2. The number of methoxy groups -OCH3 is 1. The molecule has 6 nitrogen and oxygen atoms in total. The van der Waals surface area contributed by atoms with Crippen LogP contribution in [0.3, 0.4) is 0 Å². The van der Waals surface area contributed by atoms with Crippen LogP contribution in [0.4, 0.5) is 4.39 Å². The minimum absolute atomic E-state index is 0.103. The van der Waals surface area contributed by atoms with Crippen LogP contribution in [-0.2, 0) is 17.9 Å². The van der Waals surface area contributed by atoms with Gasteiger partial charge in [-0.2, -0.15) is 0 Å². The quantitative estimate of drug-likeness (QED) is 0.804. The van der Waals surface area contributed by atoms with Gasteiger partial charge in [0.2, 0.25) is 0 Å². The lowest BCUT2D eigenvalue weighted by atomic mass is 9.90. The molecule has 0 bridgehead atoms. The summed E-state index contributed by atoms with van der Waals surface area (Å²) in [7, 11) is 3.34. The Morgan fingerprint density at radius 1 is 1.41 bits per heavy atom. The van der Waals surface area contributed by atoms with Gasteiger partial charge >= 0.3 is 0 Å². The van der Waals surface area contributed by atoms with Crippen LogP contribution in [0, 0.1) is 5.82 Å². The Hall–Kier alpha value is -2.38. The molecule has 1 fully saturated rings. The number of piperidine rings is 1. The number of aliphatic hydroxyl groups is 1. The molecule has 3 rings (SSSR count). The van der Waals surface area contributed by atoms with E-state index in [1.54, 1.807) is 18.4 Å². The summed E-state index contributed by atoms with van der Waals surface area (Å²) in [5, 5.41) is 11.0. The molecule has 27 heavy (non-hydrogen) atoms. The van der Waals surface area contributed by atoms with Crippen molar-refractivity contribution in [2.75, 3.05) is 27.2 Å². The van der Waals surface area contributed by atoms with E-state index < -0.39 is 11.4 Å². The summed E-state index contributed by atoms with van der Waals surface area (Å²) in [5.74, 6) is 0.527. The van der Waals surface area contributed by atoms with Crippen LogP contribution in [0.5, 0.6) is 5.75 Å². The van der Waals surface area contributed by atoms with Crippen molar-refractivity contribution in [1.82, 2.24) is 9.80 Å². The average molecular weight is 376 g/mol. The van der Waals surface area contributed by atoms with Gasteiger partial charge in [-0.3, -0.25) is 9.69 Å². The molecular weight excluding hydrogens is 351 g/mol. The second-order valence-corrected chi connectivity index (χ2v) is 7.07. The van der Waals surface area contributed by atoms with Crippen molar-refractivity contribution < 1.29 is 23.4 Å². The van der Waals surface area contributed by atoms with Gasteiger partial charge < -0.3 is 19.2 Å². The second kappa shape index (κ2) is 8.10. The van der Waals surface area contributed by atoms with Crippen molar-refractivity contribution in [3.8, 4) is 5.75 Å². The molecule has 7 heteroatoms. The minimum Gasteiger partial charge on any atom is -0.497 e. The Bertz CT molecular complexity index is 780. The number of benzene rings is 1. The normalized spacial score (nSPS) is 20.3. The van der Waals surface area contributed by atoms with Gasteiger partial charge in [0.25, 0.3) is 5.91 Å². The van der Waals surface area contributed by atoms with E-state index in [2.05, 4.69) is 0 Å². The molecule has 1 aromatic heterocycles. The zero-order valence-electron chi connectivity index (χ0n) is 15.7. The van der Waals surface area contributed by atoms with Crippen LogP contribution in [0.15, 0.2) is 41.0 Å². The standard InChI is InChI=1S/C20H25FN2O4/c1-22(13-17-5-3-10-27-17)14-20(25)8-4-9-23(19(20)24)12-15-11-16(26-2)6-7-18(15)21/h3,5-7,10-11,25H,4,8-9,12-14H2,1-2H3/t20-/m0/s1. The Kier molecular flexibility index (Phi) is 5.82. The van der Waals surface area contributed by atoms with Gasteiger partial charge in [0, 0.05) is 25.2 Å². The molecular formula is C20H25FN2O4. The van der Waals surface area contributed by atoms with Gasteiger partial charge in [-0.15, -0.1) is 0 Å². The van der Waals surface area contributed by atoms with Crippen LogP contribution in [0.2, 0.25) is 0 Å². The summed E-state index contributed by atoms with van der Waals surface area (Å²) >= 11 is 0. The highest BCUT2D eigenvalue weighted by atomic mass is 19.1. The molecule has 0 spiro atoms. The minimum atomic E-state index is -1.49. The molecule has 0 radical (unpaired) electrons. The first-order chi connectivity index (χ1) is 12.9. The lowest BCUT2D eigenvalue weighted by Crippen LogP contribution is -2.57. The Balaban J connectivity index is 1.69. The first-order valence-corrected chi connectivity index (χ1v) is 8.96. The average Bonchev–Trinajstić information content (AvgIpc) is 3.13. The molecule has 1 aliphatic rings. The molecule has 0 unspecified atom stereocenters. The number of rotatable bonds is 7. The number of halogens is 1. The Morgan fingerprint density at radius 3 is 2.93 bits per heavy atom. The predicted octanol–water partition coefficient (Wildman–Crippen LogP) is 2.41. The van der Waals surface area contributed by atoms with E-state index in [1.165, 1.54) is 24.1 Å². The second-order valence-electron chi connectivity index (χ2n) is 7.07. The first-order valence-electron chi connectivity index (χ1n) is 8.96. The molecule has 1 aromatic carbocycles. The molecule has 0 saturated carbocycles. The number of likely N-dealkylation sites (tertiary alicyclic amines) is 1. The van der Waals surface area contributed by atoms with E-state index in [9.17, 15) is 14.3 Å². The van der Waals surface area contributed by atoms with Crippen LogP contribution in [-0.4, -0.2) is 53.7 Å². The highest BCUT2D eigenvalue weighted by molar-refractivity contribution is 5.86. The van der Waals surface area contributed by atoms with E-state index in [0.717, 1.165) is 5.76 Å². The van der Waals surface area contributed by atoms with Crippen molar-refractivity contribution in [1.29, 1.82) is 0 Å². The zero-order valence-corrected chi connectivity index (χ0v) is 15.7. The fourth-order valence-corrected chi connectivity index (χ4v) is 3.54. The van der Waals surface area contributed by atoms with Crippen molar-refractivity contribution in [2.45, 2.75) is 31.5 Å². The summed E-state index contributed by atoms with van der Waals surface area (Å²) in [6, 6.07) is 8.09. The SMILES string of the molecule is COc1ccc(F)c(CN2CCC[C@](O)(CN(C)Cc3ccco3)C2=O)c1. The summed E-state index contributed by atoms with van der Waals surface area (Å²) in [5.41, 5.74) is -1.12. The molecule has 2 heterocycles. The predicted molar refractivity (Wildman–Crippen MR) is 97.6 cm³/mol. The number of carbonyl (C=O) groups is 1. The van der Waals surface area contributed by atoms with E-state index in [0.29, 0.717) is 37.2 Å².